The summed E-state index contributed by atoms with van der Waals surface area (Å²) in [4.78, 5) is 17.1. The number of halogens is 2. The van der Waals surface area contributed by atoms with Crippen LogP contribution >= 0.6 is 24.8 Å². The number of likely N-dealkylation sites (N-methyl/N-ethyl adjacent to an activating group) is 1. The van der Waals surface area contributed by atoms with Crippen LogP contribution in [-0.2, 0) is 10.3 Å². The molecule has 6 heteroatoms. The van der Waals surface area contributed by atoms with Crippen molar-refractivity contribution in [2.45, 2.75) is 38.8 Å². The monoisotopic (exact) mass is 361 g/mol. The van der Waals surface area contributed by atoms with Crippen molar-refractivity contribution in [3.8, 4) is 0 Å². The maximum atomic E-state index is 12.8. The highest BCUT2D eigenvalue weighted by molar-refractivity contribution is 5.87. The fourth-order valence-corrected chi connectivity index (χ4v) is 3.20. The van der Waals surface area contributed by atoms with Crippen LogP contribution < -0.4 is 5.73 Å². The van der Waals surface area contributed by atoms with E-state index in [9.17, 15) is 4.79 Å². The lowest BCUT2D eigenvalue weighted by Gasteiger charge is -2.31. The Kier molecular flexibility index (Phi) is 9.14. The van der Waals surface area contributed by atoms with Crippen LogP contribution in [0.2, 0.25) is 0 Å². The molecule has 4 nitrogen and oxygen atoms in total. The number of benzene rings is 1. The van der Waals surface area contributed by atoms with Crippen molar-refractivity contribution in [3.63, 3.8) is 0 Å². The Hall–Kier alpha value is -0.810. The Balaban J connectivity index is 0.00000242. The lowest BCUT2D eigenvalue weighted by atomic mass is 9.92. The normalized spacial score (nSPS) is 19.7. The van der Waals surface area contributed by atoms with E-state index in [1.807, 2.05) is 42.2 Å². The summed E-state index contributed by atoms with van der Waals surface area (Å²) in [5.41, 5.74) is 6.27. The van der Waals surface area contributed by atoms with Crippen LogP contribution in [0.5, 0.6) is 0 Å². The molecule has 132 valence electrons. The van der Waals surface area contributed by atoms with Crippen LogP contribution in [0.25, 0.3) is 0 Å². The molecule has 1 fully saturated rings. The first-order valence-corrected chi connectivity index (χ1v) is 7.88. The Morgan fingerprint density at radius 3 is 2.35 bits per heavy atom. The molecule has 1 aromatic carbocycles. The zero-order chi connectivity index (χ0) is 15.5. The van der Waals surface area contributed by atoms with Crippen molar-refractivity contribution in [1.82, 2.24) is 9.80 Å². The van der Waals surface area contributed by atoms with E-state index in [4.69, 9.17) is 5.73 Å². The molecule has 0 radical (unpaired) electrons. The van der Waals surface area contributed by atoms with E-state index in [0.29, 0.717) is 6.04 Å². The lowest BCUT2D eigenvalue weighted by molar-refractivity contribution is -0.135. The number of nitrogens with zero attached hydrogens (tertiary/aromatic N) is 2. The summed E-state index contributed by atoms with van der Waals surface area (Å²) < 4.78 is 0. The first-order valence-electron chi connectivity index (χ1n) is 7.88. The summed E-state index contributed by atoms with van der Waals surface area (Å²) in [6, 6.07) is 10.1. The van der Waals surface area contributed by atoms with Crippen molar-refractivity contribution in [2.75, 3.05) is 26.2 Å². The van der Waals surface area contributed by atoms with E-state index in [1.165, 1.54) is 0 Å². The molecule has 1 aliphatic rings. The molecule has 0 aromatic heterocycles. The summed E-state index contributed by atoms with van der Waals surface area (Å²) in [5, 5.41) is 0. The summed E-state index contributed by atoms with van der Waals surface area (Å²) in [6.45, 7) is 9.81. The van der Waals surface area contributed by atoms with E-state index in [0.717, 1.165) is 38.2 Å². The summed E-state index contributed by atoms with van der Waals surface area (Å²) in [5.74, 6) is 0.0309. The van der Waals surface area contributed by atoms with Crippen molar-refractivity contribution < 1.29 is 4.79 Å². The van der Waals surface area contributed by atoms with E-state index < -0.39 is 5.54 Å². The quantitative estimate of drug-likeness (QED) is 0.876. The molecule has 1 aromatic rings. The predicted octanol–water partition coefficient (Wildman–Crippen LogP) is 2.65. The minimum atomic E-state index is -0.945. The van der Waals surface area contributed by atoms with Gasteiger partial charge >= 0.3 is 0 Å². The number of nitrogens with two attached hydrogens (primary N) is 1. The number of amides is 1. The van der Waals surface area contributed by atoms with E-state index in [2.05, 4.69) is 18.7 Å². The standard InChI is InChI=1S/C17H27N3O.2ClH/c1-4-19(5-2)15-11-12-20(13-15)16(21)17(3,18)14-9-7-6-8-10-14;;/h6-10,15H,4-5,11-13,18H2,1-3H3;2*1H. The van der Waals surface area contributed by atoms with Crippen LogP contribution in [0.4, 0.5) is 0 Å². The Bertz CT molecular complexity index is 478. The Labute approximate surface area is 152 Å². The second kappa shape index (κ2) is 9.48. The Morgan fingerprint density at radius 1 is 1.26 bits per heavy atom. The Morgan fingerprint density at radius 2 is 1.83 bits per heavy atom. The maximum absolute atomic E-state index is 12.8. The molecular formula is C17H29Cl2N3O. The van der Waals surface area contributed by atoms with Crippen LogP contribution in [0.1, 0.15) is 32.8 Å². The molecule has 2 unspecified atom stereocenters. The van der Waals surface area contributed by atoms with Gasteiger partial charge in [-0.1, -0.05) is 44.2 Å². The highest BCUT2D eigenvalue weighted by Crippen LogP contribution is 2.24. The van der Waals surface area contributed by atoms with Gasteiger partial charge in [-0.15, -0.1) is 24.8 Å². The van der Waals surface area contributed by atoms with Crippen LogP contribution in [0.15, 0.2) is 30.3 Å². The predicted molar refractivity (Wildman–Crippen MR) is 100 cm³/mol. The van der Waals surface area contributed by atoms with E-state index in [1.54, 1.807) is 0 Å². The molecule has 0 saturated carbocycles. The SMILES string of the molecule is CCN(CC)C1CCN(C(=O)C(C)(N)c2ccccc2)C1.Cl.Cl. The average Bonchev–Trinajstić information content (AvgIpc) is 2.98. The molecule has 2 atom stereocenters. The molecule has 2 rings (SSSR count). The fourth-order valence-electron chi connectivity index (χ4n) is 3.20. The highest BCUT2D eigenvalue weighted by atomic mass is 35.5. The van der Waals surface area contributed by atoms with Gasteiger partial charge in [0.15, 0.2) is 0 Å². The summed E-state index contributed by atoms with van der Waals surface area (Å²) in [7, 11) is 0. The molecule has 0 bridgehead atoms. The molecule has 1 heterocycles. The van der Waals surface area contributed by atoms with E-state index >= 15 is 0 Å². The van der Waals surface area contributed by atoms with Gasteiger partial charge in [0.25, 0.3) is 0 Å². The molecule has 1 amide bonds. The second-order valence-electron chi connectivity index (χ2n) is 5.98. The summed E-state index contributed by atoms with van der Waals surface area (Å²) in [6.07, 6.45) is 1.04. The van der Waals surface area contributed by atoms with Gasteiger partial charge in [0.2, 0.25) is 5.91 Å². The minimum Gasteiger partial charge on any atom is -0.339 e. The van der Waals surface area contributed by atoms with E-state index in [-0.39, 0.29) is 30.7 Å². The van der Waals surface area contributed by atoms with Gasteiger partial charge in [0.1, 0.15) is 5.54 Å². The fraction of sp³-hybridized carbons (Fsp3) is 0.588. The van der Waals surface area contributed by atoms with Gasteiger partial charge in [-0.05, 0) is 32.0 Å². The van der Waals surface area contributed by atoms with Gasteiger partial charge < -0.3 is 10.6 Å². The van der Waals surface area contributed by atoms with Crippen LogP contribution in [0, 0.1) is 0 Å². The van der Waals surface area contributed by atoms with Gasteiger partial charge in [-0.3, -0.25) is 9.69 Å². The first kappa shape index (κ1) is 22.2. The molecule has 23 heavy (non-hydrogen) atoms. The third-order valence-electron chi connectivity index (χ3n) is 4.60. The number of hydrogen-bond donors (Lipinski definition) is 1. The number of carbonyl (C=O) groups excluding carboxylic acids is 1. The molecular weight excluding hydrogens is 333 g/mol. The number of carbonyl (C=O) groups is 1. The van der Waals surface area contributed by atoms with Crippen LogP contribution in [-0.4, -0.2) is 47.9 Å². The third kappa shape index (κ3) is 4.83. The summed E-state index contributed by atoms with van der Waals surface area (Å²) >= 11 is 0. The average molecular weight is 362 g/mol. The molecule has 1 saturated heterocycles. The topological polar surface area (TPSA) is 49.6 Å². The van der Waals surface area contributed by atoms with Crippen molar-refractivity contribution in [2.24, 2.45) is 5.73 Å². The van der Waals surface area contributed by atoms with Gasteiger partial charge in [0.05, 0.1) is 0 Å². The number of likely N-dealkylation sites (tertiary alicyclic amines) is 1. The van der Waals surface area contributed by atoms with Gasteiger partial charge in [-0.25, -0.2) is 0 Å². The molecule has 1 aliphatic heterocycles. The largest absolute Gasteiger partial charge is 0.339 e. The molecule has 0 aliphatic carbocycles. The first-order chi connectivity index (χ1) is 10.0. The zero-order valence-corrected chi connectivity index (χ0v) is 15.8. The van der Waals surface area contributed by atoms with Gasteiger partial charge in [0, 0.05) is 19.1 Å². The number of rotatable bonds is 5. The highest BCUT2D eigenvalue weighted by Gasteiger charge is 2.38. The van der Waals surface area contributed by atoms with Crippen LogP contribution in [0.3, 0.4) is 0 Å². The number of hydrogen-bond acceptors (Lipinski definition) is 3. The smallest absolute Gasteiger partial charge is 0.247 e. The maximum Gasteiger partial charge on any atom is 0.247 e. The zero-order valence-electron chi connectivity index (χ0n) is 14.2. The third-order valence-corrected chi connectivity index (χ3v) is 4.60. The van der Waals surface area contributed by atoms with Gasteiger partial charge in [-0.2, -0.15) is 0 Å². The molecule has 2 N–H and O–H groups in total. The lowest BCUT2D eigenvalue weighted by Crippen LogP contribution is -2.51. The van der Waals surface area contributed by atoms with Crippen molar-refractivity contribution >= 4 is 30.7 Å². The van der Waals surface area contributed by atoms with Crippen molar-refractivity contribution in [3.05, 3.63) is 35.9 Å². The second-order valence-corrected chi connectivity index (χ2v) is 5.98. The molecule has 0 spiro atoms. The minimum absolute atomic E-state index is 0. The van der Waals surface area contributed by atoms with Crippen molar-refractivity contribution in [1.29, 1.82) is 0 Å².